The van der Waals surface area contributed by atoms with Crippen molar-refractivity contribution in [3.63, 3.8) is 0 Å². The summed E-state index contributed by atoms with van der Waals surface area (Å²) in [6.45, 7) is 3.71. The number of amides is 1. The van der Waals surface area contributed by atoms with Crippen molar-refractivity contribution < 1.29 is 14.3 Å². The molecule has 0 aliphatic rings. The standard InChI is InChI=1S/C15H18N2O3/c1-9(2)13(15(19)20-3)17-14(18)12-8-10-6-4-5-7-11(10)16-12/h4-9,13,16H,1-3H3,(H,17,18)/t13-/m0/s1. The highest BCUT2D eigenvalue weighted by Crippen LogP contribution is 2.15. The van der Waals surface area contributed by atoms with Crippen LogP contribution < -0.4 is 5.32 Å². The minimum atomic E-state index is -0.654. The van der Waals surface area contributed by atoms with E-state index in [9.17, 15) is 9.59 Å². The lowest BCUT2D eigenvalue weighted by Gasteiger charge is -2.19. The fraction of sp³-hybridized carbons (Fsp3) is 0.333. The Kier molecular flexibility index (Phi) is 4.08. The molecule has 0 aliphatic heterocycles. The lowest BCUT2D eigenvalue weighted by molar-refractivity contribution is -0.144. The average molecular weight is 274 g/mol. The van der Waals surface area contributed by atoms with Crippen LogP contribution in [0.3, 0.4) is 0 Å². The molecule has 5 heteroatoms. The van der Waals surface area contributed by atoms with E-state index in [4.69, 9.17) is 4.74 Å². The van der Waals surface area contributed by atoms with Gasteiger partial charge in [0.05, 0.1) is 7.11 Å². The van der Waals surface area contributed by atoms with E-state index in [0.29, 0.717) is 5.69 Å². The molecule has 0 radical (unpaired) electrons. The number of hydrogen-bond acceptors (Lipinski definition) is 3. The molecule has 2 rings (SSSR count). The monoisotopic (exact) mass is 274 g/mol. The number of carbonyl (C=O) groups is 2. The second kappa shape index (κ2) is 5.77. The van der Waals surface area contributed by atoms with Crippen LogP contribution >= 0.6 is 0 Å². The van der Waals surface area contributed by atoms with Crippen LogP contribution in [0.5, 0.6) is 0 Å². The molecule has 2 aromatic rings. The van der Waals surface area contributed by atoms with Crippen molar-refractivity contribution >= 4 is 22.8 Å². The predicted molar refractivity (Wildman–Crippen MR) is 76.4 cm³/mol. The summed E-state index contributed by atoms with van der Waals surface area (Å²) < 4.78 is 4.71. The van der Waals surface area contributed by atoms with Crippen LogP contribution in [-0.2, 0) is 9.53 Å². The number of rotatable bonds is 4. The molecule has 0 unspecified atom stereocenters. The summed E-state index contributed by atoms with van der Waals surface area (Å²) in [7, 11) is 1.31. The van der Waals surface area contributed by atoms with Crippen molar-refractivity contribution in [2.75, 3.05) is 7.11 Å². The number of hydrogen-bond donors (Lipinski definition) is 2. The Bertz CT molecular complexity index is 598. The Hall–Kier alpha value is -2.30. The van der Waals surface area contributed by atoms with Gasteiger partial charge < -0.3 is 15.0 Å². The fourth-order valence-electron chi connectivity index (χ4n) is 2.04. The first-order valence-corrected chi connectivity index (χ1v) is 6.49. The summed E-state index contributed by atoms with van der Waals surface area (Å²) in [4.78, 5) is 26.9. The van der Waals surface area contributed by atoms with Crippen LogP contribution in [-0.4, -0.2) is 30.0 Å². The van der Waals surface area contributed by atoms with Gasteiger partial charge in [-0.15, -0.1) is 0 Å². The van der Waals surface area contributed by atoms with Crippen LogP contribution in [0, 0.1) is 5.92 Å². The zero-order valence-corrected chi connectivity index (χ0v) is 11.8. The van der Waals surface area contributed by atoms with E-state index in [-0.39, 0.29) is 11.8 Å². The third kappa shape index (κ3) is 2.82. The Morgan fingerprint density at radius 3 is 2.55 bits per heavy atom. The van der Waals surface area contributed by atoms with Crippen LogP contribution in [0.25, 0.3) is 10.9 Å². The number of para-hydroxylation sites is 1. The number of carbonyl (C=O) groups excluding carboxylic acids is 2. The molecule has 0 saturated carbocycles. The molecule has 0 spiro atoms. The predicted octanol–water partition coefficient (Wildman–Crippen LogP) is 2.10. The van der Waals surface area contributed by atoms with Crippen LogP contribution in [0.1, 0.15) is 24.3 Å². The smallest absolute Gasteiger partial charge is 0.328 e. The lowest BCUT2D eigenvalue weighted by atomic mass is 10.0. The maximum Gasteiger partial charge on any atom is 0.328 e. The molecule has 20 heavy (non-hydrogen) atoms. The first kappa shape index (κ1) is 14.1. The summed E-state index contributed by atoms with van der Waals surface area (Å²) in [5.41, 5.74) is 1.32. The summed E-state index contributed by atoms with van der Waals surface area (Å²) >= 11 is 0. The van der Waals surface area contributed by atoms with Gasteiger partial charge in [-0.05, 0) is 18.1 Å². The lowest BCUT2D eigenvalue weighted by Crippen LogP contribution is -2.45. The number of H-pyrrole nitrogens is 1. The Labute approximate surface area is 117 Å². The van der Waals surface area contributed by atoms with E-state index in [1.807, 2.05) is 38.1 Å². The second-order valence-electron chi connectivity index (χ2n) is 4.99. The quantitative estimate of drug-likeness (QED) is 0.839. The number of aromatic nitrogens is 1. The number of fused-ring (bicyclic) bond motifs is 1. The van der Waals surface area contributed by atoms with Crippen molar-refractivity contribution in [1.82, 2.24) is 10.3 Å². The molecular weight excluding hydrogens is 256 g/mol. The maximum absolute atomic E-state index is 12.2. The van der Waals surface area contributed by atoms with E-state index in [2.05, 4.69) is 10.3 Å². The number of methoxy groups -OCH3 is 1. The van der Waals surface area contributed by atoms with Gasteiger partial charge in [-0.2, -0.15) is 0 Å². The van der Waals surface area contributed by atoms with Gasteiger partial charge in [0.25, 0.3) is 5.91 Å². The molecule has 2 N–H and O–H groups in total. The summed E-state index contributed by atoms with van der Waals surface area (Å²) in [6.07, 6.45) is 0. The highest BCUT2D eigenvalue weighted by Gasteiger charge is 2.25. The molecule has 106 valence electrons. The maximum atomic E-state index is 12.2. The van der Waals surface area contributed by atoms with Crippen LogP contribution in [0.4, 0.5) is 0 Å². The second-order valence-corrected chi connectivity index (χ2v) is 4.99. The first-order chi connectivity index (χ1) is 9.52. The Balaban J connectivity index is 2.20. The van der Waals surface area contributed by atoms with Gasteiger partial charge in [-0.1, -0.05) is 32.0 Å². The van der Waals surface area contributed by atoms with Crippen molar-refractivity contribution in [2.45, 2.75) is 19.9 Å². The number of aromatic amines is 1. The number of esters is 1. The molecule has 1 aromatic heterocycles. The molecule has 5 nitrogen and oxygen atoms in total. The van der Waals surface area contributed by atoms with Crippen molar-refractivity contribution in [3.05, 3.63) is 36.0 Å². The molecule has 1 aromatic carbocycles. The Morgan fingerprint density at radius 2 is 1.95 bits per heavy atom. The molecule has 0 saturated heterocycles. The third-order valence-electron chi connectivity index (χ3n) is 3.18. The van der Waals surface area contributed by atoms with E-state index in [1.54, 1.807) is 6.07 Å². The topological polar surface area (TPSA) is 71.2 Å². The van der Waals surface area contributed by atoms with Crippen molar-refractivity contribution in [2.24, 2.45) is 5.92 Å². The normalized spacial score (nSPS) is 12.4. The van der Waals surface area contributed by atoms with E-state index < -0.39 is 12.0 Å². The van der Waals surface area contributed by atoms with E-state index in [0.717, 1.165) is 10.9 Å². The zero-order valence-electron chi connectivity index (χ0n) is 11.8. The molecule has 1 amide bonds. The van der Waals surface area contributed by atoms with Crippen molar-refractivity contribution in [1.29, 1.82) is 0 Å². The number of ether oxygens (including phenoxy) is 1. The molecule has 1 atom stereocenters. The highest BCUT2D eigenvalue weighted by atomic mass is 16.5. The number of benzene rings is 1. The van der Waals surface area contributed by atoms with E-state index in [1.165, 1.54) is 7.11 Å². The van der Waals surface area contributed by atoms with E-state index >= 15 is 0 Å². The van der Waals surface area contributed by atoms with Gasteiger partial charge in [0.15, 0.2) is 0 Å². The molecule has 0 bridgehead atoms. The van der Waals surface area contributed by atoms with Crippen LogP contribution in [0.15, 0.2) is 30.3 Å². The van der Waals surface area contributed by atoms with Crippen LogP contribution in [0.2, 0.25) is 0 Å². The highest BCUT2D eigenvalue weighted by molar-refractivity contribution is 5.99. The summed E-state index contributed by atoms with van der Waals surface area (Å²) in [5.74, 6) is -0.800. The minimum absolute atomic E-state index is 0.0456. The van der Waals surface area contributed by atoms with Gasteiger partial charge in [0.2, 0.25) is 0 Å². The van der Waals surface area contributed by atoms with Gasteiger partial charge in [-0.3, -0.25) is 4.79 Å². The summed E-state index contributed by atoms with van der Waals surface area (Å²) in [6, 6.07) is 8.72. The van der Waals surface area contributed by atoms with Gasteiger partial charge in [0, 0.05) is 10.9 Å². The molecule has 1 heterocycles. The number of nitrogens with one attached hydrogen (secondary N) is 2. The van der Waals surface area contributed by atoms with Crippen molar-refractivity contribution in [3.8, 4) is 0 Å². The average Bonchev–Trinajstić information content (AvgIpc) is 2.87. The van der Waals surface area contributed by atoms with Gasteiger partial charge in [-0.25, -0.2) is 4.79 Å². The van der Waals surface area contributed by atoms with Gasteiger partial charge in [0.1, 0.15) is 11.7 Å². The zero-order chi connectivity index (χ0) is 14.7. The van der Waals surface area contributed by atoms with Gasteiger partial charge >= 0.3 is 5.97 Å². The molecule has 0 aliphatic carbocycles. The molecule has 0 fully saturated rings. The Morgan fingerprint density at radius 1 is 1.25 bits per heavy atom. The fourth-order valence-corrected chi connectivity index (χ4v) is 2.04. The minimum Gasteiger partial charge on any atom is -0.467 e. The first-order valence-electron chi connectivity index (χ1n) is 6.49. The third-order valence-corrected chi connectivity index (χ3v) is 3.18. The summed E-state index contributed by atoms with van der Waals surface area (Å²) in [5, 5.41) is 3.66. The SMILES string of the molecule is COC(=O)[C@@H](NC(=O)c1cc2ccccc2[nH]1)C(C)C. The largest absolute Gasteiger partial charge is 0.467 e. The molecular formula is C15H18N2O3.